The summed E-state index contributed by atoms with van der Waals surface area (Å²) in [5.74, 6) is 0.220. The molecule has 116 valence electrons. The van der Waals surface area contributed by atoms with Crippen LogP contribution in [0.15, 0.2) is 24.4 Å². The van der Waals surface area contributed by atoms with Gasteiger partial charge in [0.1, 0.15) is 0 Å². The molecule has 0 aliphatic carbocycles. The lowest BCUT2D eigenvalue weighted by Crippen LogP contribution is -2.55. The van der Waals surface area contributed by atoms with Gasteiger partial charge in [-0.25, -0.2) is 0 Å². The molecule has 0 bridgehead atoms. The highest BCUT2D eigenvalue weighted by molar-refractivity contribution is 7.86. The van der Waals surface area contributed by atoms with Crippen molar-refractivity contribution in [2.45, 2.75) is 24.9 Å². The number of methoxy groups -OCH3 is 1. The predicted octanol–water partition coefficient (Wildman–Crippen LogP) is 0.836. The van der Waals surface area contributed by atoms with Crippen LogP contribution in [0.25, 0.3) is 0 Å². The van der Waals surface area contributed by atoms with E-state index in [4.69, 9.17) is 4.74 Å². The van der Waals surface area contributed by atoms with Crippen LogP contribution in [0.1, 0.15) is 24.5 Å². The normalized spacial score (nSPS) is 23.1. The molecule has 3 rings (SSSR count). The van der Waals surface area contributed by atoms with E-state index in [1.165, 1.54) is 0 Å². The first kappa shape index (κ1) is 14.9. The van der Waals surface area contributed by atoms with Crippen LogP contribution in [0.5, 0.6) is 0 Å². The molecular formula is C14H21N3O3S. The zero-order valence-electron chi connectivity index (χ0n) is 12.2. The van der Waals surface area contributed by atoms with Gasteiger partial charge in [-0.3, -0.25) is 4.98 Å². The van der Waals surface area contributed by atoms with Gasteiger partial charge < -0.3 is 4.74 Å². The van der Waals surface area contributed by atoms with E-state index in [2.05, 4.69) is 4.98 Å². The van der Waals surface area contributed by atoms with Crippen LogP contribution in [0, 0.1) is 0 Å². The van der Waals surface area contributed by atoms with Crippen molar-refractivity contribution in [1.82, 2.24) is 13.6 Å². The molecule has 2 fully saturated rings. The lowest BCUT2D eigenvalue weighted by molar-refractivity contribution is 0.0581. The van der Waals surface area contributed by atoms with Crippen molar-refractivity contribution in [3.05, 3.63) is 30.1 Å². The second-order valence-electron chi connectivity index (χ2n) is 5.61. The van der Waals surface area contributed by atoms with Gasteiger partial charge in [0.15, 0.2) is 0 Å². The number of hydrogen-bond donors (Lipinski definition) is 0. The zero-order chi connectivity index (χ0) is 14.9. The van der Waals surface area contributed by atoms with Gasteiger partial charge in [0, 0.05) is 51.1 Å². The second-order valence-corrected chi connectivity index (χ2v) is 7.54. The highest BCUT2D eigenvalue weighted by Crippen LogP contribution is 2.30. The average molecular weight is 311 g/mol. The third kappa shape index (κ3) is 2.96. The quantitative estimate of drug-likeness (QED) is 0.826. The Labute approximate surface area is 125 Å². The summed E-state index contributed by atoms with van der Waals surface area (Å²) in [7, 11) is -1.63. The van der Waals surface area contributed by atoms with E-state index in [1.54, 1.807) is 21.9 Å². The number of aromatic nitrogens is 1. The van der Waals surface area contributed by atoms with Crippen LogP contribution in [-0.4, -0.2) is 61.4 Å². The molecule has 0 N–H and O–H groups in total. The Balaban J connectivity index is 1.58. The molecular weight excluding hydrogens is 290 g/mol. The molecule has 0 atom stereocenters. The van der Waals surface area contributed by atoms with E-state index in [0.29, 0.717) is 26.2 Å². The van der Waals surface area contributed by atoms with Crippen molar-refractivity contribution in [3.63, 3.8) is 0 Å². The summed E-state index contributed by atoms with van der Waals surface area (Å²) in [5, 5.41) is 0. The molecule has 0 radical (unpaired) electrons. The largest absolute Gasteiger partial charge is 0.381 e. The minimum absolute atomic E-state index is 0.189. The second kappa shape index (κ2) is 6.00. The van der Waals surface area contributed by atoms with Gasteiger partial charge in [0.2, 0.25) is 0 Å². The molecule has 7 heteroatoms. The van der Waals surface area contributed by atoms with Gasteiger partial charge in [-0.1, -0.05) is 6.07 Å². The SMILES string of the molecule is COC1CCN(S(=O)(=O)N2CC(c3ccccn3)C2)CC1. The highest BCUT2D eigenvalue weighted by atomic mass is 32.2. The first-order valence-corrected chi connectivity index (χ1v) is 8.70. The molecule has 3 heterocycles. The molecule has 0 amide bonds. The Kier molecular flexibility index (Phi) is 4.26. The lowest BCUT2D eigenvalue weighted by atomic mass is 9.99. The molecule has 2 saturated heterocycles. The van der Waals surface area contributed by atoms with E-state index < -0.39 is 10.2 Å². The maximum atomic E-state index is 12.5. The van der Waals surface area contributed by atoms with Crippen molar-refractivity contribution in [1.29, 1.82) is 0 Å². The number of piperidine rings is 1. The Hall–Kier alpha value is -1.02. The summed E-state index contributed by atoms with van der Waals surface area (Å²) < 4.78 is 33.5. The van der Waals surface area contributed by atoms with E-state index in [9.17, 15) is 8.42 Å². The fraction of sp³-hybridized carbons (Fsp3) is 0.643. The fourth-order valence-corrected chi connectivity index (χ4v) is 4.63. The van der Waals surface area contributed by atoms with Crippen molar-refractivity contribution in [2.75, 3.05) is 33.3 Å². The van der Waals surface area contributed by atoms with Crippen molar-refractivity contribution >= 4 is 10.2 Å². The van der Waals surface area contributed by atoms with Gasteiger partial charge in [-0.05, 0) is 25.0 Å². The van der Waals surface area contributed by atoms with Crippen LogP contribution in [0.4, 0.5) is 0 Å². The van der Waals surface area contributed by atoms with Crippen molar-refractivity contribution in [3.8, 4) is 0 Å². The van der Waals surface area contributed by atoms with Gasteiger partial charge in [-0.2, -0.15) is 17.0 Å². The zero-order valence-corrected chi connectivity index (χ0v) is 13.0. The van der Waals surface area contributed by atoms with Crippen LogP contribution in [0.2, 0.25) is 0 Å². The minimum Gasteiger partial charge on any atom is -0.381 e. The summed E-state index contributed by atoms with van der Waals surface area (Å²) in [4.78, 5) is 4.30. The molecule has 2 aliphatic heterocycles. The number of hydrogen-bond acceptors (Lipinski definition) is 4. The van der Waals surface area contributed by atoms with E-state index in [-0.39, 0.29) is 12.0 Å². The first-order valence-electron chi connectivity index (χ1n) is 7.30. The third-order valence-electron chi connectivity index (χ3n) is 4.34. The highest BCUT2D eigenvalue weighted by Gasteiger charge is 2.41. The van der Waals surface area contributed by atoms with Crippen LogP contribution >= 0.6 is 0 Å². The summed E-state index contributed by atoms with van der Waals surface area (Å²) in [6.07, 6.45) is 3.48. The summed E-state index contributed by atoms with van der Waals surface area (Å²) in [6.45, 7) is 2.16. The van der Waals surface area contributed by atoms with Gasteiger partial charge >= 0.3 is 0 Å². The molecule has 6 nitrogen and oxygen atoms in total. The molecule has 0 spiro atoms. The standard InChI is InChI=1S/C14H21N3O3S/c1-20-13-5-8-16(9-6-13)21(18,19)17-10-12(11-17)14-4-2-3-7-15-14/h2-4,7,12-13H,5-6,8-11H2,1H3. The van der Waals surface area contributed by atoms with Crippen LogP contribution in [0.3, 0.4) is 0 Å². The Morgan fingerprint density at radius 3 is 2.48 bits per heavy atom. The van der Waals surface area contributed by atoms with Crippen LogP contribution < -0.4 is 0 Å². The number of rotatable bonds is 4. The lowest BCUT2D eigenvalue weighted by Gasteiger charge is -2.42. The van der Waals surface area contributed by atoms with Crippen molar-refractivity contribution < 1.29 is 13.2 Å². The first-order chi connectivity index (χ1) is 10.1. The third-order valence-corrected chi connectivity index (χ3v) is 6.31. The van der Waals surface area contributed by atoms with E-state index in [0.717, 1.165) is 18.5 Å². The topological polar surface area (TPSA) is 62.7 Å². The number of pyridine rings is 1. The minimum atomic E-state index is -3.31. The average Bonchev–Trinajstić information content (AvgIpc) is 2.46. The number of ether oxygens (including phenoxy) is 1. The maximum Gasteiger partial charge on any atom is 0.282 e. The summed E-state index contributed by atoms with van der Waals surface area (Å²) in [6, 6.07) is 5.77. The maximum absolute atomic E-state index is 12.5. The predicted molar refractivity (Wildman–Crippen MR) is 79.1 cm³/mol. The monoisotopic (exact) mass is 311 g/mol. The Morgan fingerprint density at radius 2 is 1.90 bits per heavy atom. The Morgan fingerprint density at radius 1 is 1.19 bits per heavy atom. The van der Waals surface area contributed by atoms with Gasteiger partial charge in [0.05, 0.1) is 6.10 Å². The fourth-order valence-electron chi connectivity index (χ4n) is 2.89. The molecule has 1 aromatic heterocycles. The molecule has 1 aromatic rings. The van der Waals surface area contributed by atoms with Crippen molar-refractivity contribution in [2.24, 2.45) is 0 Å². The molecule has 0 saturated carbocycles. The van der Waals surface area contributed by atoms with Gasteiger partial charge in [-0.15, -0.1) is 0 Å². The van der Waals surface area contributed by atoms with Crippen LogP contribution in [-0.2, 0) is 14.9 Å². The molecule has 21 heavy (non-hydrogen) atoms. The smallest absolute Gasteiger partial charge is 0.282 e. The molecule has 2 aliphatic rings. The molecule has 0 unspecified atom stereocenters. The van der Waals surface area contributed by atoms with Gasteiger partial charge in [0.25, 0.3) is 10.2 Å². The summed E-state index contributed by atoms with van der Waals surface area (Å²) >= 11 is 0. The van der Waals surface area contributed by atoms with E-state index >= 15 is 0 Å². The summed E-state index contributed by atoms with van der Waals surface area (Å²) in [5.41, 5.74) is 0.974. The van der Waals surface area contributed by atoms with E-state index in [1.807, 2.05) is 18.2 Å². The molecule has 0 aromatic carbocycles. The number of nitrogens with zero attached hydrogens (tertiary/aromatic N) is 3. The Bertz CT molecular complexity index is 564.